The largest absolute Gasteiger partial charge is 0.493 e. The maximum Gasteiger partial charge on any atom is 0.122 e. The average molecular weight is 273 g/mol. The van der Waals surface area contributed by atoms with E-state index >= 15 is 0 Å². The highest BCUT2D eigenvalue weighted by Crippen LogP contribution is 2.35. The first-order valence-electron chi connectivity index (χ1n) is 8.36. The Kier molecular flexibility index (Phi) is 4.62. The monoisotopic (exact) mass is 273 g/mol. The van der Waals surface area contributed by atoms with Crippen LogP contribution >= 0.6 is 0 Å². The Morgan fingerprint density at radius 2 is 2.10 bits per heavy atom. The van der Waals surface area contributed by atoms with Crippen LogP contribution in [-0.4, -0.2) is 13.2 Å². The van der Waals surface area contributed by atoms with E-state index in [-0.39, 0.29) is 0 Å². The smallest absolute Gasteiger partial charge is 0.122 e. The SMILES string of the molecule is CCNC(CC1CCCC1)c1ccc2c(c1)CCCO2. The highest BCUT2D eigenvalue weighted by molar-refractivity contribution is 5.39. The molecule has 1 aliphatic heterocycles. The van der Waals surface area contributed by atoms with Gasteiger partial charge in [-0.2, -0.15) is 0 Å². The zero-order valence-corrected chi connectivity index (χ0v) is 12.7. The zero-order chi connectivity index (χ0) is 13.8. The van der Waals surface area contributed by atoms with Crippen LogP contribution in [-0.2, 0) is 6.42 Å². The Balaban J connectivity index is 1.75. The summed E-state index contributed by atoms with van der Waals surface area (Å²) in [6, 6.07) is 7.36. The third-order valence-electron chi connectivity index (χ3n) is 4.83. The third-order valence-corrected chi connectivity index (χ3v) is 4.83. The zero-order valence-electron chi connectivity index (χ0n) is 12.7. The summed E-state index contributed by atoms with van der Waals surface area (Å²) in [4.78, 5) is 0. The second-order valence-corrected chi connectivity index (χ2v) is 6.32. The van der Waals surface area contributed by atoms with Crippen LogP contribution in [0.25, 0.3) is 0 Å². The Labute approximate surface area is 122 Å². The molecule has 0 aromatic heterocycles. The highest BCUT2D eigenvalue weighted by Gasteiger charge is 2.22. The molecule has 1 atom stereocenters. The van der Waals surface area contributed by atoms with Crippen LogP contribution in [0, 0.1) is 5.92 Å². The summed E-state index contributed by atoms with van der Waals surface area (Å²) >= 11 is 0. The molecule has 2 nitrogen and oxygen atoms in total. The molecule has 0 amide bonds. The first kappa shape index (κ1) is 13.9. The molecule has 1 aromatic rings. The van der Waals surface area contributed by atoms with E-state index in [1.807, 2.05) is 0 Å². The number of hydrogen-bond donors (Lipinski definition) is 1. The molecule has 20 heavy (non-hydrogen) atoms. The van der Waals surface area contributed by atoms with Gasteiger partial charge in [0.25, 0.3) is 0 Å². The maximum absolute atomic E-state index is 5.73. The summed E-state index contributed by atoms with van der Waals surface area (Å²) in [5.74, 6) is 2.03. The molecule has 1 saturated carbocycles. The van der Waals surface area contributed by atoms with Crippen LogP contribution in [0.5, 0.6) is 5.75 Å². The van der Waals surface area contributed by atoms with Gasteiger partial charge in [0.1, 0.15) is 5.75 Å². The van der Waals surface area contributed by atoms with Gasteiger partial charge in [0.05, 0.1) is 6.61 Å². The Morgan fingerprint density at radius 1 is 1.25 bits per heavy atom. The summed E-state index contributed by atoms with van der Waals surface area (Å²) in [6.45, 7) is 4.14. The standard InChI is InChI=1S/C18H27NO/c1-2-19-17(12-14-6-3-4-7-14)15-9-10-18-16(13-15)8-5-11-20-18/h9-10,13-14,17,19H,2-8,11-12H2,1H3. The molecular formula is C18H27NO. The fraction of sp³-hybridized carbons (Fsp3) is 0.667. The van der Waals surface area contributed by atoms with E-state index in [1.165, 1.54) is 49.7 Å². The van der Waals surface area contributed by atoms with Gasteiger partial charge in [-0.15, -0.1) is 0 Å². The van der Waals surface area contributed by atoms with E-state index in [1.54, 1.807) is 0 Å². The van der Waals surface area contributed by atoms with Crippen molar-refractivity contribution in [1.29, 1.82) is 0 Å². The van der Waals surface area contributed by atoms with Gasteiger partial charge in [-0.25, -0.2) is 0 Å². The number of aryl methyl sites for hydroxylation is 1. The van der Waals surface area contributed by atoms with Crippen LogP contribution in [0.2, 0.25) is 0 Å². The number of nitrogens with one attached hydrogen (secondary N) is 1. The first-order valence-corrected chi connectivity index (χ1v) is 8.36. The van der Waals surface area contributed by atoms with Crippen molar-refractivity contribution in [2.45, 2.75) is 57.9 Å². The molecule has 1 heterocycles. The van der Waals surface area contributed by atoms with Crippen LogP contribution < -0.4 is 10.1 Å². The second-order valence-electron chi connectivity index (χ2n) is 6.32. The summed E-state index contributed by atoms with van der Waals surface area (Å²) in [7, 11) is 0. The van der Waals surface area contributed by atoms with Gasteiger partial charge in [0.2, 0.25) is 0 Å². The maximum atomic E-state index is 5.73. The molecule has 0 bridgehead atoms. The highest BCUT2D eigenvalue weighted by atomic mass is 16.5. The van der Waals surface area contributed by atoms with Crippen LogP contribution in [0.1, 0.15) is 62.6 Å². The van der Waals surface area contributed by atoms with Gasteiger partial charge in [-0.3, -0.25) is 0 Å². The van der Waals surface area contributed by atoms with E-state index in [4.69, 9.17) is 4.74 Å². The first-order chi connectivity index (χ1) is 9.86. The molecule has 1 fully saturated rings. The Bertz CT molecular complexity index is 437. The lowest BCUT2D eigenvalue weighted by Gasteiger charge is -2.24. The molecular weight excluding hydrogens is 246 g/mol. The topological polar surface area (TPSA) is 21.3 Å². The molecule has 0 radical (unpaired) electrons. The van der Waals surface area contributed by atoms with Crippen molar-refractivity contribution in [1.82, 2.24) is 5.32 Å². The molecule has 1 N–H and O–H groups in total. The summed E-state index contributed by atoms with van der Waals surface area (Å²) < 4.78 is 5.73. The number of fused-ring (bicyclic) bond motifs is 1. The minimum atomic E-state index is 0.523. The second kappa shape index (κ2) is 6.62. The summed E-state index contributed by atoms with van der Waals surface area (Å²) in [5, 5.41) is 3.69. The minimum absolute atomic E-state index is 0.523. The number of benzene rings is 1. The fourth-order valence-corrected chi connectivity index (χ4v) is 3.76. The lowest BCUT2D eigenvalue weighted by molar-refractivity contribution is 0.288. The van der Waals surface area contributed by atoms with Gasteiger partial charge in [0.15, 0.2) is 0 Å². The van der Waals surface area contributed by atoms with Crippen molar-refractivity contribution >= 4 is 0 Å². The molecule has 1 aliphatic carbocycles. The third kappa shape index (κ3) is 3.17. The molecule has 1 unspecified atom stereocenters. The molecule has 0 saturated heterocycles. The fourth-order valence-electron chi connectivity index (χ4n) is 3.76. The van der Waals surface area contributed by atoms with Gasteiger partial charge in [-0.1, -0.05) is 44.7 Å². The quantitative estimate of drug-likeness (QED) is 0.866. The van der Waals surface area contributed by atoms with Crippen molar-refractivity contribution in [2.24, 2.45) is 5.92 Å². The molecule has 1 aromatic carbocycles. The van der Waals surface area contributed by atoms with E-state index in [2.05, 4.69) is 30.4 Å². The van der Waals surface area contributed by atoms with Crippen molar-refractivity contribution in [2.75, 3.05) is 13.2 Å². The van der Waals surface area contributed by atoms with Crippen molar-refractivity contribution in [3.8, 4) is 5.75 Å². The molecule has 2 heteroatoms. The molecule has 2 aliphatic rings. The average Bonchev–Trinajstić information content (AvgIpc) is 2.99. The van der Waals surface area contributed by atoms with Crippen molar-refractivity contribution < 1.29 is 4.74 Å². The number of hydrogen-bond acceptors (Lipinski definition) is 2. The summed E-state index contributed by atoms with van der Waals surface area (Å²) in [5.41, 5.74) is 2.87. The lowest BCUT2D eigenvalue weighted by Crippen LogP contribution is -2.23. The van der Waals surface area contributed by atoms with Crippen LogP contribution in [0.4, 0.5) is 0 Å². The summed E-state index contributed by atoms with van der Waals surface area (Å²) in [6.07, 6.45) is 9.35. The Morgan fingerprint density at radius 3 is 2.90 bits per heavy atom. The van der Waals surface area contributed by atoms with Crippen molar-refractivity contribution in [3.05, 3.63) is 29.3 Å². The molecule has 0 spiro atoms. The lowest BCUT2D eigenvalue weighted by atomic mass is 9.91. The van der Waals surface area contributed by atoms with E-state index in [0.717, 1.165) is 31.2 Å². The Hall–Kier alpha value is -1.02. The van der Waals surface area contributed by atoms with Crippen LogP contribution in [0.15, 0.2) is 18.2 Å². The normalized spacial score (nSPS) is 20.4. The van der Waals surface area contributed by atoms with Gasteiger partial charge >= 0.3 is 0 Å². The molecule has 110 valence electrons. The predicted molar refractivity (Wildman–Crippen MR) is 83.3 cm³/mol. The predicted octanol–water partition coefficient (Wildman–Crippen LogP) is 4.24. The van der Waals surface area contributed by atoms with E-state index in [0.29, 0.717) is 6.04 Å². The number of rotatable bonds is 5. The van der Waals surface area contributed by atoms with Crippen LogP contribution in [0.3, 0.4) is 0 Å². The van der Waals surface area contributed by atoms with Gasteiger partial charge in [0, 0.05) is 6.04 Å². The number of ether oxygens (including phenoxy) is 1. The minimum Gasteiger partial charge on any atom is -0.493 e. The van der Waals surface area contributed by atoms with Gasteiger partial charge < -0.3 is 10.1 Å². The van der Waals surface area contributed by atoms with Crippen molar-refractivity contribution in [3.63, 3.8) is 0 Å². The molecule has 3 rings (SSSR count). The van der Waals surface area contributed by atoms with E-state index in [9.17, 15) is 0 Å². The van der Waals surface area contributed by atoms with E-state index < -0.39 is 0 Å². The van der Waals surface area contributed by atoms with Gasteiger partial charge in [-0.05, 0) is 48.9 Å².